The molecule has 110 valence electrons. The Morgan fingerprint density at radius 3 is 3.00 bits per heavy atom. The molecular weight excluding hydrogens is 275 g/mol. The summed E-state index contributed by atoms with van der Waals surface area (Å²) in [5, 5.41) is 12.5. The van der Waals surface area contributed by atoms with Crippen LogP contribution in [0.3, 0.4) is 0 Å². The second kappa shape index (κ2) is 6.81. The van der Waals surface area contributed by atoms with Crippen molar-refractivity contribution in [3.05, 3.63) is 59.7 Å². The maximum absolute atomic E-state index is 13.4. The molecule has 2 aromatic rings. The molecule has 1 atom stereocenters. The maximum atomic E-state index is 13.4. The van der Waals surface area contributed by atoms with E-state index in [1.807, 2.05) is 0 Å². The summed E-state index contributed by atoms with van der Waals surface area (Å²) in [5.41, 5.74) is 0.493. The zero-order valence-electron chi connectivity index (χ0n) is 11.4. The molecule has 1 aromatic carbocycles. The molecule has 1 amide bonds. The molecule has 0 aliphatic rings. The number of carbonyl (C=O) groups excluding carboxylic acids is 1. The lowest BCUT2D eigenvalue weighted by atomic mass is 10.1. The van der Waals surface area contributed by atoms with Crippen molar-refractivity contribution >= 4 is 5.91 Å². The van der Waals surface area contributed by atoms with Crippen molar-refractivity contribution < 1.29 is 19.0 Å². The average Bonchev–Trinajstić information content (AvgIpc) is 2.52. The van der Waals surface area contributed by atoms with Gasteiger partial charge in [-0.2, -0.15) is 0 Å². The highest BCUT2D eigenvalue weighted by molar-refractivity contribution is 5.94. The molecule has 5 nitrogen and oxygen atoms in total. The maximum Gasteiger partial charge on any atom is 0.254 e. The molecule has 0 saturated carbocycles. The zero-order valence-corrected chi connectivity index (χ0v) is 11.4. The van der Waals surface area contributed by atoms with Crippen LogP contribution in [-0.4, -0.2) is 29.7 Å². The molecule has 0 aliphatic heterocycles. The lowest BCUT2D eigenvalue weighted by Gasteiger charge is -2.13. The molecule has 0 aliphatic carbocycles. The third kappa shape index (κ3) is 3.76. The van der Waals surface area contributed by atoms with Gasteiger partial charge in [0.05, 0.1) is 25.0 Å². The molecule has 0 radical (unpaired) electrons. The highest BCUT2D eigenvalue weighted by atomic mass is 19.1. The lowest BCUT2D eigenvalue weighted by Crippen LogP contribution is -2.29. The van der Waals surface area contributed by atoms with Crippen molar-refractivity contribution in [2.24, 2.45) is 0 Å². The molecular formula is C15H15FN2O3. The lowest BCUT2D eigenvalue weighted by molar-refractivity contribution is 0.0912. The Balaban J connectivity index is 1.99. The second-order valence-corrected chi connectivity index (χ2v) is 4.36. The molecule has 1 unspecified atom stereocenters. The summed E-state index contributed by atoms with van der Waals surface area (Å²) in [7, 11) is 1.53. The summed E-state index contributed by atoms with van der Waals surface area (Å²) in [6.07, 6.45) is 1.39. The monoisotopic (exact) mass is 290 g/mol. The number of halogens is 1. The average molecular weight is 290 g/mol. The number of hydrogen-bond donors (Lipinski definition) is 2. The summed E-state index contributed by atoms with van der Waals surface area (Å²) >= 11 is 0. The molecule has 0 saturated heterocycles. The molecule has 0 fully saturated rings. The highest BCUT2D eigenvalue weighted by Crippen LogP contribution is 2.18. The first kappa shape index (κ1) is 14.9. The molecule has 1 heterocycles. The first-order valence-electron chi connectivity index (χ1n) is 6.31. The molecule has 1 aromatic heterocycles. The minimum atomic E-state index is -0.908. The van der Waals surface area contributed by atoms with Crippen molar-refractivity contribution in [2.45, 2.75) is 6.10 Å². The highest BCUT2D eigenvalue weighted by Gasteiger charge is 2.14. The molecule has 21 heavy (non-hydrogen) atoms. The third-order valence-corrected chi connectivity index (χ3v) is 2.95. The molecule has 6 heteroatoms. The van der Waals surface area contributed by atoms with Gasteiger partial charge in [0.25, 0.3) is 5.91 Å². The number of rotatable bonds is 5. The normalized spacial score (nSPS) is 11.8. The standard InChI is InChI=1S/C15H15FN2O3/c1-21-11-4-2-3-10(7-11)14(19)9-18-15(20)12-5-6-17-8-13(12)16/h2-8,14,19H,9H2,1H3,(H,18,20). The van der Waals surface area contributed by atoms with E-state index in [4.69, 9.17) is 4.74 Å². The van der Waals surface area contributed by atoms with Crippen molar-refractivity contribution in [1.29, 1.82) is 0 Å². The fourth-order valence-electron chi connectivity index (χ4n) is 1.81. The van der Waals surface area contributed by atoms with Crippen molar-refractivity contribution in [3.8, 4) is 5.75 Å². The van der Waals surface area contributed by atoms with Crippen LogP contribution in [0.4, 0.5) is 4.39 Å². The van der Waals surface area contributed by atoms with Crippen molar-refractivity contribution in [2.75, 3.05) is 13.7 Å². The van der Waals surface area contributed by atoms with Gasteiger partial charge in [0.1, 0.15) is 5.75 Å². The molecule has 0 bridgehead atoms. The van der Waals surface area contributed by atoms with Gasteiger partial charge in [0.15, 0.2) is 5.82 Å². The fraction of sp³-hybridized carbons (Fsp3) is 0.200. The number of aromatic nitrogens is 1. The number of nitrogens with one attached hydrogen (secondary N) is 1. The van der Waals surface area contributed by atoms with Crippen LogP contribution in [0.5, 0.6) is 5.75 Å². The smallest absolute Gasteiger partial charge is 0.254 e. The number of benzene rings is 1. The van der Waals surface area contributed by atoms with E-state index in [0.29, 0.717) is 11.3 Å². The number of hydrogen-bond acceptors (Lipinski definition) is 4. The topological polar surface area (TPSA) is 71.5 Å². The Hall–Kier alpha value is -2.47. The van der Waals surface area contributed by atoms with Crippen LogP contribution in [0.2, 0.25) is 0 Å². The Labute approximate surface area is 121 Å². The largest absolute Gasteiger partial charge is 0.497 e. The summed E-state index contributed by atoms with van der Waals surface area (Å²) in [5.74, 6) is -0.694. The van der Waals surface area contributed by atoms with E-state index < -0.39 is 17.8 Å². The number of aliphatic hydroxyl groups is 1. The summed E-state index contributed by atoms with van der Waals surface area (Å²) in [6, 6.07) is 8.15. The number of carbonyl (C=O) groups is 1. The Morgan fingerprint density at radius 1 is 1.48 bits per heavy atom. The first-order valence-corrected chi connectivity index (χ1v) is 6.31. The quantitative estimate of drug-likeness (QED) is 0.879. The van der Waals surface area contributed by atoms with Gasteiger partial charge in [0.2, 0.25) is 0 Å². The Kier molecular flexibility index (Phi) is 4.84. The van der Waals surface area contributed by atoms with Crippen LogP contribution in [-0.2, 0) is 0 Å². The van der Waals surface area contributed by atoms with Crippen LogP contribution in [0.25, 0.3) is 0 Å². The number of ether oxygens (including phenoxy) is 1. The minimum absolute atomic E-state index is 0.0340. The summed E-state index contributed by atoms with van der Waals surface area (Å²) in [4.78, 5) is 15.4. The predicted molar refractivity (Wildman–Crippen MR) is 74.5 cm³/mol. The number of nitrogens with zero attached hydrogens (tertiary/aromatic N) is 1. The van der Waals surface area contributed by atoms with E-state index in [-0.39, 0.29) is 12.1 Å². The van der Waals surface area contributed by atoms with Gasteiger partial charge in [-0.15, -0.1) is 0 Å². The third-order valence-electron chi connectivity index (χ3n) is 2.95. The zero-order chi connectivity index (χ0) is 15.2. The second-order valence-electron chi connectivity index (χ2n) is 4.36. The summed E-state index contributed by atoms with van der Waals surface area (Å²) < 4.78 is 18.4. The first-order chi connectivity index (χ1) is 10.1. The van der Waals surface area contributed by atoms with Crippen LogP contribution in [0, 0.1) is 5.82 Å². The molecule has 0 spiro atoms. The van der Waals surface area contributed by atoms with Gasteiger partial charge in [-0.05, 0) is 23.8 Å². The van der Waals surface area contributed by atoms with E-state index in [0.717, 1.165) is 6.20 Å². The van der Waals surface area contributed by atoms with Gasteiger partial charge in [-0.3, -0.25) is 9.78 Å². The number of methoxy groups -OCH3 is 1. The van der Waals surface area contributed by atoms with Gasteiger partial charge in [0, 0.05) is 12.7 Å². The molecule has 2 rings (SSSR count). The van der Waals surface area contributed by atoms with Gasteiger partial charge < -0.3 is 15.2 Å². The minimum Gasteiger partial charge on any atom is -0.497 e. The van der Waals surface area contributed by atoms with E-state index in [2.05, 4.69) is 10.3 Å². The van der Waals surface area contributed by atoms with E-state index in [1.54, 1.807) is 24.3 Å². The van der Waals surface area contributed by atoms with Crippen molar-refractivity contribution in [3.63, 3.8) is 0 Å². The van der Waals surface area contributed by atoms with Crippen LogP contribution < -0.4 is 10.1 Å². The number of aliphatic hydroxyl groups excluding tert-OH is 1. The predicted octanol–water partition coefficient (Wildman–Crippen LogP) is 1.69. The Bertz CT molecular complexity index is 634. The fourth-order valence-corrected chi connectivity index (χ4v) is 1.81. The van der Waals surface area contributed by atoms with E-state index in [1.165, 1.54) is 19.4 Å². The van der Waals surface area contributed by atoms with Gasteiger partial charge >= 0.3 is 0 Å². The van der Waals surface area contributed by atoms with E-state index >= 15 is 0 Å². The SMILES string of the molecule is COc1cccc(C(O)CNC(=O)c2ccncc2F)c1. The van der Waals surface area contributed by atoms with E-state index in [9.17, 15) is 14.3 Å². The van der Waals surface area contributed by atoms with Crippen LogP contribution in [0.1, 0.15) is 22.0 Å². The van der Waals surface area contributed by atoms with Crippen molar-refractivity contribution in [1.82, 2.24) is 10.3 Å². The van der Waals surface area contributed by atoms with Crippen LogP contribution >= 0.6 is 0 Å². The summed E-state index contributed by atoms with van der Waals surface area (Å²) in [6.45, 7) is -0.0340. The van der Waals surface area contributed by atoms with Crippen LogP contribution in [0.15, 0.2) is 42.7 Å². The Morgan fingerprint density at radius 2 is 2.29 bits per heavy atom. The molecule has 2 N–H and O–H groups in total. The van der Waals surface area contributed by atoms with Gasteiger partial charge in [-0.25, -0.2) is 4.39 Å². The number of pyridine rings is 1. The van der Waals surface area contributed by atoms with Gasteiger partial charge in [-0.1, -0.05) is 12.1 Å². The number of amides is 1.